The fourth-order valence-electron chi connectivity index (χ4n) is 1.10. The predicted molar refractivity (Wildman–Crippen MR) is 51.9 cm³/mol. The van der Waals surface area contributed by atoms with Crippen molar-refractivity contribution in [1.29, 1.82) is 0 Å². The highest BCUT2D eigenvalue weighted by molar-refractivity contribution is 5.85. The summed E-state index contributed by atoms with van der Waals surface area (Å²) in [6.45, 7) is 0.246. The second kappa shape index (κ2) is 5.55. The molecule has 0 radical (unpaired) electrons. The lowest BCUT2D eigenvalue weighted by atomic mass is 10.2. The minimum absolute atomic E-state index is 0.00297. The number of nitrogens with zero attached hydrogens (tertiary/aromatic N) is 1. The van der Waals surface area contributed by atoms with Crippen LogP contribution in [0.25, 0.3) is 0 Å². The van der Waals surface area contributed by atoms with Gasteiger partial charge in [0, 0.05) is 13.0 Å². The first-order valence-electron chi connectivity index (χ1n) is 4.88. The first-order valence-corrected chi connectivity index (χ1v) is 4.88. The molecule has 1 aromatic rings. The molecule has 17 heavy (non-hydrogen) atoms. The number of alkyl halides is 3. The summed E-state index contributed by atoms with van der Waals surface area (Å²) in [7, 11) is 0. The molecule has 1 aromatic heterocycles. The number of hydrogen-bond acceptors (Lipinski definition) is 4. The standard InChI is InChI=1S/C9H11F3N2O3/c10-9(11,12)3-1-2-4-13-8-14-6(5-17-8)7(15)16/h5H,1-4H2,(H,13,14)(H,15,16). The van der Waals surface area contributed by atoms with Crippen molar-refractivity contribution in [1.82, 2.24) is 4.98 Å². The Kier molecular flexibility index (Phi) is 4.36. The van der Waals surface area contributed by atoms with E-state index in [0.717, 1.165) is 6.26 Å². The molecule has 0 bridgehead atoms. The van der Waals surface area contributed by atoms with E-state index in [1.807, 2.05) is 0 Å². The number of carboxylic acids is 1. The molecule has 8 heteroatoms. The van der Waals surface area contributed by atoms with E-state index in [1.165, 1.54) is 0 Å². The minimum Gasteiger partial charge on any atom is -0.476 e. The van der Waals surface area contributed by atoms with E-state index in [4.69, 9.17) is 9.52 Å². The first kappa shape index (κ1) is 13.3. The molecule has 0 saturated heterocycles. The summed E-state index contributed by atoms with van der Waals surface area (Å²) in [5.74, 6) is -1.22. The van der Waals surface area contributed by atoms with Gasteiger partial charge in [0.25, 0.3) is 6.01 Å². The zero-order chi connectivity index (χ0) is 12.9. The van der Waals surface area contributed by atoms with E-state index in [-0.39, 0.29) is 24.7 Å². The molecule has 0 unspecified atom stereocenters. The molecule has 96 valence electrons. The molecule has 0 amide bonds. The first-order chi connectivity index (χ1) is 7.88. The molecular formula is C9H11F3N2O3. The Morgan fingerprint density at radius 1 is 1.47 bits per heavy atom. The fraction of sp³-hybridized carbons (Fsp3) is 0.556. The third-order valence-electron chi connectivity index (χ3n) is 1.89. The molecule has 5 nitrogen and oxygen atoms in total. The molecule has 0 aliphatic carbocycles. The molecule has 0 spiro atoms. The quantitative estimate of drug-likeness (QED) is 0.761. The Labute approximate surface area is 94.6 Å². The van der Waals surface area contributed by atoms with Crippen molar-refractivity contribution in [3.8, 4) is 0 Å². The van der Waals surface area contributed by atoms with Crippen molar-refractivity contribution in [3.63, 3.8) is 0 Å². The molecule has 0 aliphatic heterocycles. The molecule has 0 fully saturated rings. The Balaban J connectivity index is 2.20. The zero-order valence-electron chi connectivity index (χ0n) is 8.75. The molecule has 0 aliphatic rings. The van der Waals surface area contributed by atoms with Gasteiger partial charge >= 0.3 is 12.1 Å². The number of oxazole rings is 1. The second-order valence-electron chi connectivity index (χ2n) is 3.34. The van der Waals surface area contributed by atoms with Gasteiger partial charge in [-0.1, -0.05) is 0 Å². The van der Waals surface area contributed by atoms with E-state index in [0.29, 0.717) is 6.42 Å². The number of anilines is 1. The third kappa shape index (κ3) is 5.23. The molecule has 2 N–H and O–H groups in total. The van der Waals surface area contributed by atoms with Crippen LogP contribution in [-0.2, 0) is 0 Å². The summed E-state index contributed by atoms with van der Waals surface area (Å²) in [6, 6.07) is -0.00518. The molecule has 1 heterocycles. The van der Waals surface area contributed by atoms with Crippen LogP contribution in [0.1, 0.15) is 29.8 Å². The average Bonchev–Trinajstić information content (AvgIpc) is 2.64. The third-order valence-corrected chi connectivity index (χ3v) is 1.89. The van der Waals surface area contributed by atoms with Crippen LogP contribution in [0.5, 0.6) is 0 Å². The Morgan fingerprint density at radius 2 is 2.18 bits per heavy atom. The number of aromatic carboxylic acids is 1. The maximum absolute atomic E-state index is 11.8. The lowest BCUT2D eigenvalue weighted by molar-refractivity contribution is -0.135. The minimum atomic E-state index is -4.14. The van der Waals surface area contributed by atoms with Crippen molar-refractivity contribution in [2.24, 2.45) is 0 Å². The summed E-state index contributed by atoms with van der Waals surface area (Å²) in [5.41, 5.74) is -0.247. The van der Waals surface area contributed by atoms with E-state index in [9.17, 15) is 18.0 Å². The van der Waals surface area contributed by atoms with Crippen molar-refractivity contribution in [2.45, 2.75) is 25.4 Å². The normalized spacial score (nSPS) is 11.5. The van der Waals surface area contributed by atoms with E-state index >= 15 is 0 Å². The molecule has 0 saturated carbocycles. The van der Waals surface area contributed by atoms with Gasteiger partial charge < -0.3 is 14.8 Å². The Morgan fingerprint density at radius 3 is 2.71 bits per heavy atom. The van der Waals surface area contributed by atoms with Gasteiger partial charge in [0.2, 0.25) is 0 Å². The Hall–Kier alpha value is -1.73. The van der Waals surface area contributed by atoms with Gasteiger partial charge in [-0.25, -0.2) is 4.79 Å². The number of rotatable bonds is 6. The van der Waals surface area contributed by atoms with Gasteiger partial charge in [0.1, 0.15) is 6.26 Å². The van der Waals surface area contributed by atoms with Crippen LogP contribution in [0.2, 0.25) is 0 Å². The van der Waals surface area contributed by atoms with Crippen molar-refractivity contribution in [3.05, 3.63) is 12.0 Å². The summed E-state index contributed by atoms with van der Waals surface area (Å²) in [6.07, 6.45) is -3.71. The number of halogens is 3. The van der Waals surface area contributed by atoms with Crippen LogP contribution in [0.4, 0.5) is 19.2 Å². The van der Waals surface area contributed by atoms with E-state index in [1.54, 1.807) is 0 Å². The monoisotopic (exact) mass is 252 g/mol. The summed E-state index contributed by atoms with van der Waals surface area (Å²) in [5, 5.41) is 11.1. The average molecular weight is 252 g/mol. The van der Waals surface area contributed by atoms with Gasteiger partial charge in [-0.2, -0.15) is 18.2 Å². The molecular weight excluding hydrogens is 241 g/mol. The predicted octanol–water partition coefficient (Wildman–Crippen LogP) is 2.52. The van der Waals surface area contributed by atoms with Crippen molar-refractivity contribution in [2.75, 3.05) is 11.9 Å². The number of unbranched alkanes of at least 4 members (excludes halogenated alkanes) is 1. The SMILES string of the molecule is O=C(O)c1coc(NCCCCC(F)(F)F)n1. The van der Waals surface area contributed by atoms with Crippen LogP contribution in [-0.4, -0.2) is 28.8 Å². The number of aromatic nitrogens is 1. The van der Waals surface area contributed by atoms with Crippen LogP contribution in [0, 0.1) is 0 Å². The molecule has 0 atom stereocenters. The van der Waals surface area contributed by atoms with Gasteiger partial charge in [-0.15, -0.1) is 0 Å². The second-order valence-corrected chi connectivity index (χ2v) is 3.34. The Bertz CT molecular complexity index is 376. The summed E-state index contributed by atoms with van der Waals surface area (Å²) < 4.78 is 40.1. The largest absolute Gasteiger partial charge is 0.476 e. The smallest absolute Gasteiger partial charge is 0.389 e. The van der Waals surface area contributed by atoms with Crippen molar-refractivity contribution >= 4 is 12.0 Å². The summed E-state index contributed by atoms with van der Waals surface area (Å²) in [4.78, 5) is 14.0. The summed E-state index contributed by atoms with van der Waals surface area (Å²) >= 11 is 0. The number of nitrogens with one attached hydrogen (secondary N) is 1. The lowest BCUT2D eigenvalue weighted by Gasteiger charge is -2.05. The van der Waals surface area contributed by atoms with Crippen LogP contribution >= 0.6 is 0 Å². The molecule has 1 rings (SSSR count). The highest BCUT2D eigenvalue weighted by Gasteiger charge is 2.25. The number of carbonyl (C=O) groups is 1. The topological polar surface area (TPSA) is 75.4 Å². The highest BCUT2D eigenvalue weighted by atomic mass is 19.4. The van der Waals surface area contributed by atoms with Crippen LogP contribution in [0.3, 0.4) is 0 Å². The van der Waals surface area contributed by atoms with Gasteiger partial charge in [0.05, 0.1) is 0 Å². The van der Waals surface area contributed by atoms with Gasteiger partial charge in [-0.05, 0) is 12.8 Å². The van der Waals surface area contributed by atoms with Crippen LogP contribution in [0.15, 0.2) is 10.7 Å². The van der Waals surface area contributed by atoms with Gasteiger partial charge in [-0.3, -0.25) is 0 Å². The van der Waals surface area contributed by atoms with E-state index in [2.05, 4.69) is 10.3 Å². The zero-order valence-corrected chi connectivity index (χ0v) is 8.75. The van der Waals surface area contributed by atoms with E-state index < -0.39 is 18.6 Å². The number of carboxylic acid groups (broad SMARTS) is 1. The highest BCUT2D eigenvalue weighted by Crippen LogP contribution is 2.22. The molecule has 0 aromatic carbocycles. The number of hydrogen-bond donors (Lipinski definition) is 2. The fourth-order valence-corrected chi connectivity index (χ4v) is 1.10. The van der Waals surface area contributed by atoms with Crippen LogP contribution < -0.4 is 5.32 Å². The maximum Gasteiger partial charge on any atom is 0.389 e. The van der Waals surface area contributed by atoms with Crippen molar-refractivity contribution < 1.29 is 27.5 Å². The van der Waals surface area contributed by atoms with Gasteiger partial charge in [0.15, 0.2) is 5.69 Å². The maximum atomic E-state index is 11.8. The lowest BCUT2D eigenvalue weighted by Crippen LogP contribution is -2.09.